The average Bonchev–Trinajstić information content (AvgIpc) is 3.54. The van der Waals surface area contributed by atoms with Gasteiger partial charge in [-0.2, -0.15) is 0 Å². The molecule has 1 saturated heterocycles. The van der Waals surface area contributed by atoms with Crippen LogP contribution in [-0.2, 0) is 4.74 Å². The van der Waals surface area contributed by atoms with Crippen molar-refractivity contribution in [1.29, 1.82) is 0 Å². The Morgan fingerprint density at radius 3 is 2.42 bits per heavy atom. The van der Waals surface area contributed by atoms with Crippen LogP contribution in [0.2, 0.25) is 0 Å². The summed E-state index contributed by atoms with van der Waals surface area (Å²) in [5, 5.41) is 3.14. The second-order valence-corrected chi connectivity index (χ2v) is 8.23. The first-order chi connectivity index (χ1) is 15.3. The van der Waals surface area contributed by atoms with Gasteiger partial charge in [0.2, 0.25) is 0 Å². The highest BCUT2D eigenvalue weighted by molar-refractivity contribution is 7.14. The van der Waals surface area contributed by atoms with E-state index in [0.717, 1.165) is 60.6 Å². The standard InChI is InChI=1S/C24H25N5OS/c1-2-29(22-9-7-20(8-10-22)27-13-15-30-16-14-27)24-26-23(17-31-24)19-3-5-21(6-4-19)28-12-11-25-18-28/h3-12,17-18H,2,13-16H2,1H3. The second kappa shape index (κ2) is 8.91. The SMILES string of the molecule is CCN(c1ccc(N2CCOCC2)cc1)c1nc(-c2ccc(-n3ccnc3)cc2)cs1. The normalized spacial score (nSPS) is 14.0. The Kier molecular flexibility index (Phi) is 5.69. The van der Waals surface area contributed by atoms with E-state index in [9.17, 15) is 0 Å². The third-order valence-corrected chi connectivity index (χ3v) is 6.41. The van der Waals surface area contributed by atoms with E-state index in [4.69, 9.17) is 9.72 Å². The highest BCUT2D eigenvalue weighted by Crippen LogP contribution is 2.33. The average molecular weight is 432 g/mol. The fourth-order valence-electron chi connectivity index (χ4n) is 3.83. The Labute approximate surface area is 186 Å². The van der Waals surface area contributed by atoms with Crippen molar-refractivity contribution in [2.24, 2.45) is 0 Å². The van der Waals surface area contributed by atoms with Crippen LogP contribution in [0.25, 0.3) is 16.9 Å². The van der Waals surface area contributed by atoms with Crippen molar-refractivity contribution >= 4 is 27.8 Å². The monoisotopic (exact) mass is 431 g/mol. The lowest BCUT2D eigenvalue weighted by Gasteiger charge is -2.29. The van der Waals surface area contributed by atoms with Crippen molar-refractivity contribution in [1.82, 2.24) is 14.5 Å². The van der Waals surface area contributed by atoms with Gasteiger partial charge in [-0.25, -0.2) is 9.97 Å². The third kappa shape index (κ3) is 4.19. The van der Waals surface area contributed by atoms with E-state index < -0.39 is 0 Å². The number of hydrogen-bond acceptors (Lipinski definition) is 6. The third-order valence-electron chi connectivity index (χ3n) is 5.54. The Balaban J connectivity index is 1.34. The molecule has 7 heteroatoms. The lowest BCUT2D eigenvalue weighted by molar-refractivity contribution is 0.122. The van der Waals surface area contributed by atoms with Crippen LogP contribution < -0.4 is 9.80 Å². The zero-order valence-corrected chi connectivity index (χ0v) is 18.3. The highest BCUT2D eigenvalue weighted by atomic mass is 32.1. The molecule has 1 fully saturated rings. The molecule has 0 saturated carbocycles. The summed E-state index contributed by atoms with van der Waals surface area (Å²) >= 11 is 1.68. The molecule has 1 aliphatic rings. The van der Waals surface area contributed by atoms with E-state index in [-0.39, 0.29) is 0 Å². The van der Waals surface area contributed by atoms with E-state index >= 15 is 0 Å². The molecule has 5 rings (SSSR count). The number of benzene rings is 2. The summed E-state index contributed by atoms with van der Waals surface area (Å²) in [4.78, 5) is 13.7. The number of morpholine rings is 1. The largest absolute Gasteiger partial charge is 0.378 e. The number of aromatic nitrogens is 3. The van der Waals surface area contributed by atoms with Crippen molar-refractivity contribution in [2.75, 3.05) is 42.6 Å². The molecule has 2 aromatic carbocycles. The number of nitrogens with zero attached hydrogens (tertiary/aromatic N) is 5. The summed E-state index contributed by atoms with van der Waals surface area (Å²) in [6, 6.07) is 17.2. The number of thiazole rings is 1. The fourth-order valence-corrected chi connectivity index (χ4v) is 4.75. The summed E-state index contributed by atoms with van der Waals surface area (Å²) in [5.41, 5.74) is 5.62. The number of anilines is 3. The predicted octanol–water partition coefficient (Wildman–Crippen LogP) is 4.99. The van der Waals surface area contributed by atoms with Gasteiger partial charge in [0.1, 0.15) is 0 Å². The second-order valence-electron chi connectivity index (χ2n) is 7.39. The van der Waals surface area contributed by atoms with Crippen molar-refractivity contribution < 1.29 is 4.74 Å². The molecule has 0 amide bonds. The maximum Gasteiger partial charge on any atom is 0.190 e. The summed E-state index contributed by atoms with van der Waals surface area (Å²) in [6.45, 7) is 6.53. The molecule has 3 heterocycles. The van der Waals surface area contributed by atoms with Gasteiger partial charge in [0.15, 0.2) is 5.13 Å². The van der Waals surface area contributed by atoms with Crippen molar-refractivity contribution in [3.8, 4) is 16.9 Å². The van der Waals surface area contributed by atoms with Crippen LogP contribution in [0, 0.1) is 0 Å². The number of hydrogen-bond donors (Lipinski definition) is 0. The first-order valence-corrected chi connectivity index (χ1v) is 11.4. The minimum Gasteiger partial charge on any atom is -0.378 e. The van der Waals surface area contributed by atoms with Gasteiger partial charge in [-0.3, -0.25) is 0 Å². The van der Waals surface area contributed by atoms with Gasteiger partial charge in [0.05, 0.1) is 25.2 Å². The Morgan fingerprint density at radius 2 is 1.74 bits per heavy atom. The summed E-state index contributed by atoms with van der Waals surface area (Å²) in [6.07, 6.45) is 5.53. The summed E-state index contributed by atoms with van der Waals surface area (Å²) < 4.78 is 7.46. The van der Waals surface area contributed by atoms with E-state index in [2.05, 4.69) is 75.6 Å². The maximum absolute atomic E-state index is 5.46. The number of ether oxygens (including phenoxy) is 1. The quantitative estimate of drug-likeness (QED) is 0.430. The lowest BCUT2D eigenvalue weighted by atomic mass is 10.1. The van der Waals surface area contributed by atoms with E-state index in [0.29, 0.717) is 0 Å². The molecular formula is C24H25N5OS. The van der Waals surface area contributed by atoms with Gasteiger partial charge in [-0.15, -0.1) is 11.3 Å². The minimum absolute atomic E-state index is 0.800. The topological polar surface area (TPSA) is 46.4 Å². The number of imidazole rings is 1. The molecule has 0 atom stereocenters. The molecule has 158 valence electrons. The van der Waals surface area contributed by atoms with Crippen LogP contribution in [0.15, 0.2) is 72.6 Å². The van der Waals surface area contributed by atoms with Gasteiger partial charge < -0.3 is 19.1 Å². The molecular weight excluding hydrogens is 406 g/mol. The van der Waals surface area contributed by atoms with Gasteiger partial charge in [-0.05, 0) is 43.3 Å². The van der Waals surface area contributed by atoms with Crippen LogP contribution in [0.1, 0.15) is 6.92 Å². The summed E-state index contributed by atoms with van der Waals surface area (Å²) in [5.74, 6) is 0. The zero-order chi connectivity index (χ0) is 21.0. The van der Waals surface area contributed by atoms with Crippen molar-refractivity contribution in [2.45, 2.75) is 6.92 Å². The van der Waals surface area contributed by atoms with Gasteiger partial charge >= 0.3 is 0 Å². The molecule has 31 heavy (non-hydrogen) atoms. The molecule has 0 unspecified atom stereocenters. The van der Waals surface area contributed by atoms with Crippen LogP contribution in [0.5, 0.6) is 0 Å². The van der Waals surface area contributed by atoms with E-state index in [1.54, 1.807) is 23.9 Å². The smallest absolute Gasteiger partial charge is 0.190 e. The first kappa shape index (κ1) is 19.8. The van der Waals surface area contributed by atoms with Gasteiger partial charge in [-0.1, -0.05) is 12.1 Å². The van der Waals surface area contributed by atoms with Crippen LogP contribution in [0.3, 0.4) is 0 Å². The van der Waals surface area contributed by atoms with E-state index in [1.165, 1.54) is 5.69 Å². The molecule has 0 N–H and O–H groups in total. The highest BCUT2D eigenvalue weighted by Gasteiger charge is 2.15. The Hall–Kier alpha value is -3.16. The maximum atomic E-state index is 5.46. The van der Waals surface area contributed by atoms with Crippen molar-refractivity contribution in [3.05, 3.63) is 72.6 Å². The van der Waals surface area contributed by atoms with Gasteiger partial charge in [0, 0.05) is 60.0 Å². The lowest BCUT2D eigenvalue weighted by Crippen LogP contribution is -2.36. The minimum atomic E-state index is 0.800. The molecule has 0 bridgehead atoms. The Bertz CT molecular complexity index is 1100. The van der Waals surface area contributed by atoms with Crippen LogP contribution in [-0.4, -0.2) is 47.4 Å². The predicted molar refractivity (Wildman–Crippen MR) is 127 cm³/mol. The van der Waals surface area contributed by atoms with Crippen molar-refractivity contribution in [3.63, 3.8) is 0 Å². The molecule has 0 radical (unpaired) electrons. The molecule has 4 aromatic rings. The van der Waals surface area contributed by atoms with Crippen LogP contribution in [0.4, 0.5) is 16.5 Å². The molecule has 0 spiro atoms. The summed E-state index contributed by atoms with van der Waals surface area (Å²) in [7, 11) is 0. The molecule has 2 aromatic heterocycles. The van der Waals surface area contributed by atoms with Crippen LogP contribution >= 0.6 is 11.3 Å². The Morgan fingerprint density at radius 1 is 1.00 bits per heavy atom. The molecule has 1 aliphatic heterocycles. The molecule has 6 nitrogen and oxygen atoms in total. The van der Waals surface area contributed by atoms with Gasteiger partial charge in [0.25, 0.3) is 0 Å². The molecule has 0 aliphatic carbocycles. The van der Waals surface area contributed by atoms with E-state index in [1.807, 2.05) is 10.8 Å². The first-order valence-electron chi connectivity index (χ1n) is 10.6. The number of rotatable bonds is 6. The zero-order valence-electron chi connectivity index (χ0n) is 17.5. The fraction of sp³-hybridized carbons (Fsp3) is 0.250.